The summed E-state index contributed by atoms with van der Waals surface area (Å²) in [6.45, 7) is 4.09. The summed E-state index contributed by atoms with van der Waals surface area (Å²) >= 11 is 5.77. The van der Waals surface area contributed by atoms with E-state index < -0.39 is 6.10 Å². The van der Waals surface area contributed by atoms with Crippen LogP contribution in [0, 0.1) is 5.92 Å². The predicted molar refractivity (Wildman–Crippen MR) is 86.5 cm³/mol. The van der Waals surface area contributed by atoms with Crippen molar-refractivity contribution in [2.24, 2.45) is 5.92 Å². The molecule has 5 nitrogen and oxygen atoms in total. The van der Waals surface area contributed by atoms with Gasteiger partial charge in [-0.1, -0.05) is 37.6 Å². The van der Waals surface area contributed by atoms with Crippen LogP contribution in [0.4, 0.5) is 0 Å². The molecule has 6 heteroatoms. The van der Waals surface area contributed by atoms with Gasteiger partial charge in [-0.25, -0.2) is 0 Å². The number of aliphatic hydroxyl groups is 1. The van der Waals surface area contributed by atoms with Crippen molar-refractivity contribution < 1.29 is 14.7 Å². The van der Waals surface area contributed by atoms with Crippen LogP contribution in [0.1, 0.15) is 38.4 Å². The van der Waals surface area contributed by atoms with E-state index in [0.29, 0.717) is 22.9 Å². The lowest BCUT2D eigenvalue weighted by Gasteiger charge is -2.13. The zero-order valence-electron chi connectivity index (χ0n) is 12.9. The lowest BCUT2D eigenvalue weighted by Crippen LogP contribution is -2.38. The van der Waals surface area contributed by atoms with Crippen LogP contribution in [0.25, 0.3) is 0 Å². The van der Waals surface area contributed by atoms with Gasteiger partial charge >= 0.3 is 0 Å². The van der Waals surface area contributed by atoms with E-state index in [1.54, 1.807) is 24.3 Å². The van der Waals surface area contributed by atoms with Crippen LogP contribution in [0.2, 0.25) is 5.02 Å². The summed E-state index contributed by atoms with van der Waals surface area (Å²) in [7, 11) is 0. The largest absolute Gasteiger partial charge is 0.387 e. The topological polar surface area (TPSA) is 78.4 Å². The standard InChI is InChI=1S/C16H23ClN2O3/c1-11(2)3-8-15(21)19-10-16(22)18-9-14(20)12-4-6-13(17)7-5-12/h4-7,11,14,20H,3,8-10H2,1-2H3,(H,18,22)(H,19,21). The lowest BCUT2D eigenvalue weighted by molar-refractivity contribution is -0.126. The molecule has 0 aliphatic carbocycles. The highest BCUT2D eigenvalue weighted by molar-refractivity contribution is 6.30. The number of halogens is 1. The van der Waals surface area contributed by atoms with Gasteiger partial charge in [0.05, 0.1) is 12.6 Å². The Morgan fingerprint density at radius 1 is 1.14 bits per heavy atom. The van der Waals surface area contributed by atoms with Gasteiger partial charge in [0.15, 0.2) is 0 Å². The number of rotatable bonds is 8. The fourth-order valence-electron chi connectivity index (χ4n) is 1.76. The third-order valence-corrected chi connectivity index (χ3v) is 3.39. The number of amides is 2. The van der Waals surface area contributed by atoms with Crippen molar-refractivity contribution in [3.63, 3.8) is 0 Å². The molecule has 0 fully saturated rings. The molecule has 1 atom stereocenters. The van der Waals surface area contributed by atoms with Crippen molar-refractivity contribution in [1.82, 2.24) is 10.6 Å². The van der Waals surface area contributed by atoms with Crippen LogP contribution >= 0.6 is 11.6 Å². The Balaban J connectivity index is 2.25. The lowest BCUT2D eigenvalue weighted by atomic mass is 10.1. The van der Waals surface area contributed by atoms with E-state index in [9.17, 15) is 14.7 Å². The highest BCUT2D eigenvalue weighted by Crippen LogP contribution is 2.15. The van der Waals surface area contributed by atoms with Gasteiger partial charge < -0.3 is 15.7 Å². The Labute approximate surface area is 136 Å². The van der Waals surface area contributed by atoms with Gasteiger partial charge in [-0.15, -0.1) is 0 Å². The van der Waals surface area contributed by atoms with Crippen LogP contribution in [0.5, 0.6) is 0 Å². The van der Waals surface area contributed by atoms with Gasteiger partial charge in [0.25, 0.3) is 0 Å². The first kappa shape index (κ1) is 18.5. The smallest absolute Gasteiger partial charge is 0.239 e. The predicted octanol–water partition coefficient (Wildman–Crippen LogP) is 2.04. The van der Waals surface area contributed by atoms with E-state index in [1.165, 1.54) is 0 Å². The van der Waals surface area contributed by atoms with E-state index in [2.05, 4.69) is 10.6 Å². The molecule has 1 aromatic rings. The van der Waals surface area contributed by atoms with E-state index in [0.717, 1.165) is 6.42 Å². The third kappa shape index (κ3) is 7.43. The highest BCUT2D eigenvalue weighted by Gasteiger charge is 2.10. The molecule has 3 N–H and O–H groups in total. The second kappa shape index (κ2) is 9.43. The SMILES string of the molecule is CC(C)CCC(=O)NCC(=O)NCC(O)c1ccc(Cl)cc1. The number of hydrogen-bond acceptors (Lipinski definition) is 3. The van der Waals surface area contributed by atoms with Crippen LogP contribution in [-0.4, -0.2) is 30.0 Å². The maximum absolute atomic E-state index is 11.6. The number of aliphatic hydroxyl groups excluding tert-OH is 1. The molecular formula is C16H23ClN2O3. The molecule has 0 saturated heterocycles. The zero-order chi connectivity index (χ0) is 16.5. The molecule has 22 heavy (non-hydrogen) atoms. The number of hydrogen-bond donors (Lipinski definition) is 3. The minimum Gasteiger partial charge on any atom is -0.387 e. The fraction of sp³-hybridized carbons (Fsp3) is 0.500. The monoisotopic (exact) mass is 326 g/mol. The molecule has 1 unspecified atom stereocenters. The van der Waals surface area contributed by atoms with Crippen molar-refractivity contribution >= 4 is 23.4 Å². The molecule has 0 heterocycles. The maximum Gasteiger partial charge on any atom is 0.239 e. The molecule has 0 aromatic heterocycles. The third-order valence-electron chi connectivity index (χ3n) is 3.14. The first-order chi connectivity index (χ1) is 10.4. The molecule has 0 saturated carbocycles. The van der Waals surface area contributed by atoms with Crippen molar-refractivity contribution in [2.75, 3.05) is 13.1 Å². The van der Waals surface area contributed by atoms with Gasteiger partial charge in [0, 0.05) is 18.0 Å². The van der Waals surface area contributed by atoms with Crippen molar-refractivity contribution in [3.05, 3.63) is 34.9 Å². The second-order valence-electron chi connectivity index (χ2n) is 5.58. The quantitative estimate of drug-likeness (QED) is 0.684. The molecule has 2 amide bonds. The minimum atomic E-state index is -0.808. The summed E-state index contributed by atoms with van der Waals surface area (Å²) in [6, 6.07) is 6.76. The van der Waals surface area contributed by atoms with Crippen LogP contribution in [0.15, 0.2) is 24.3 Å². The molecule has 0 spiro atoms. The van der Waals surface area contributed by atoms with Crippen LogP contribution < -0.4 is 10.6 Å². The number of carbonyl (C=O) groups is 2. The Morgan fingerprint density at radius 3 is 2.36 bits per heavy atom. The van der Waals surface area contributed by atoms with E-state index >= 15 is 0 Å². The molecule has 122 valence electrons. The van der Waals surface area contributed by atoms with Crippen molar-refractivity contribution in [3.8, 4) is 0 Å². The Morgan fingerprint density at radius 2 is 1.77 bits per heavy atom. The summed E-state index contributed by atoms with van der Waals surface area (Å²) in [4.78, 5) is 23.1. The van der Waals surface area contributed by atoms with E-state index in [4.69, 9.17) is 11.6 Å². The minimum absolute atomic E-state index is 0.0791. The Hall–Kier alpha value is -1.59. The number of nitrogens with one attached hydrogen (secondary N) is 2. The Kier molecular flexibility index (Phi) is 7.91. The van der Waals surface area contributed by atoms with E-state index in [1.807, 2.05) is 13.8 Å². The highest BCUT2D eigenvalue weighted by atomic mass is 35.5. The molecule has 0 bridgehead atoms. The molecule has 0 aliphatic rings. The molecule has 0 aliphatic heterocycles. The summed E-state index contributed by atoms with van der Waals surface area (Å²) in [5, 5.41) is 15.7. The first-order valence-corrected chi connectivity index (χ1v) is 7.73. The second-order valence-corrected chi connectivity index (χ2v) is 6.02. The molecule has 0 radical (unpaired) electrons. The average molecular weight is 327 g/mol. The normalized spacial score (nSPS) is 12.0. The molecular weight excluding hydrogens is 304 g/mol. The molecule has 1 aromatic carbocycles. The van der Waals surface area contributed by atoms with Crippen LogP contribution in [0.3, 0.4) is 0 Å². The van der Waals surface area contributed by atoms with Gasteiger partial charge in [-0.05, 0) is 30.0 Å². The van der Waals surface area contributed by atoms with Crippen LogP contribution in [-0.2, 0) is 9.59 Å². The van der Waals surface area contributed by atoms with Gasteiger partial charge in [-0.3, -0.25) is 9.59 Å². The zero-order valence-corrected chi connectivity index (χ0v) is 13.7. The summed E-state index contributed by atoms with van der Waals surface area (Å²) in [5.41, 5.74) is 0.672. The summed E-state index contributed by atoms with van der Waals surface area (Å²) in [6.07, 6.45) is 0.402. The number of carbonyl (C=O) groups excluding carboxylic acids is 2. The van der Waals surface area contributed by atoms with Gasteiger partial charge in [0.1, 0.15) is 0 Å². The summed E-state index contributed by atoms with van der Waals surface area (Å²) < 4.78 is 0. The summed E-state index contributed by atoms with van der Waals surface area (Å²) in [5.74, 6) is -0.0119. The first-order valence-electron chi connectivity index (χ1n) is 7.35. The van der Waals surface area contributed by atoms with E-state index in [-0.39, 0.29) is 24.9 Å². The number of benzene rings is 1. The Bertz CT molecular complexity index is 489. The maximum atomic E-state index is 11.6. The van der Waals surface area contributed by atoms with Gasteiger partial charge in [-0.2, -0.15) is 0 Å². The van der Waals surface area contributed by atoms with Crippen molar-refractivity contribution in [2.45, 2.75) is 32.8 Å². The fourth-order valence-corrected chi connectivity index (χ4v) is 1.89. The van der Waals surface area contributed by atoms with Gasteiger partial charge in [0.2, 0.25) is 11.8 Å². The average Bonchev–Trinajstić information content (AvgIpc) is 2.49. The van der Waals surface area contributed by atoms with Crippen molar-refractivity contribution in [1.29, 1.82) is 0 Å². The molecule has 1 rings (SSSR count).